The molecule has 2 aromatic rings. The average Bonchev–Trinajstić information content (AvgIpc) is 3.16. The van der Waals surface area contributed by atoms with E-state index in [4.69, 9.17) is 4.74 Å². The Morgan fingerprint density at radius 2 is 2.28 bits per heavy atom. The Labute approximate surface area is 148 Å². The lowest BCUT2D eigenvalue weighted by Gasteiger charge is -2.37. The summed E-state index contributed by atoms with van der Waals surface area (Å²) in [6.07, 6.45) is 9.20. The number of hydrogen-bond acceptors (Lipinski definition) is 4. The zero-order chi connectivity index (χ0) is 17.8. The van der Waals surface area contributed by atoms with Crippen molar-refractivity contribution in [3.8, 4) is 5.88 Å². The Kier molecular flexibility index (Phi) is 5.36. The van der Waals surface area contributed by atoms with E-state index in [0.717, 1.165) is 19.4 Å². The molecule has 3 heterocycles. The van der Waals surface area contributed by atoms with Gasteiger partial charge in [0.05, 0.1) is 18.5 Å². The van der Waals surface area contributed by atoms with Gasteiger partial charge < -0.3 is 14.2 Å². The summed E-state index contributed by atoms with van der Waals surface area (Å²) in [5.74, 6) is 1.06. The van der Waals surface area contributed by atoms with Gasteiger partial charge in [-0.1, -0.05) is 13.8 Å². The molecular weight excluding hydrogens is 316 g/mol. The molecule has 3 unspecified atom stereocenters. The van der Waals surface area contributed by atoms with E-state index in [2.05, 4.69) is 28.4 Å². The van der Waals surface area contributed by atoms with Gasteiger partial charge in [-0.3, -0.25) is 4.79 Å². The van der Waals surface area contributed by atoms with Crippen molar-refractivity contribution in [2.24, 2.45) is 5.92 Å². The number of imidazole rings is 1. The van der Waals surface area contributed by atoms with Crippen LogP contribution in [0.3, 0.4) is 0 Å². The molecule has 3 atom stereocenters. The summed E-state index contributed by atoms with van der Waals surface area (Å²) in [4.78, 5) is 23.2. The Bertz CT molecular complexity index is 701. The number of pyridine rings is 1. The molecule has 6 nitrogen and oxygen atoms in total. The van der Waals surface area contributed by atoms with Gasteiger partial charge in [-0.2, -0.15) is 0 Å². The molecule has 3 rings (SSSR count). The normalized spacial score (nSPS) is 21.8. The fourth-order valence-electron chi connectivity index (χ4n) is 3.17. The summed E-state index contributed by atoms with van der Waals surface area (Å²) in [5.41, 5.74) is 0.632. The van der Waals surface area contributed by atoms with Gasteiger partial charge in [-0.15, -0.1) is 0 Å². The highest BCUT2D eigenvalue weighted by atomic mass is 16.5. The fraction of sp³-hybridized carbons (Fsp3) is 0.526. The quantitative estimate of drug-likeness (QED) is 0.837. The predicted octanol–water partition coefficient (Wildman–Crippen LogP) is 3.18. The number of piperidine rings is 1. The van der Waals surface area contributed by atoms with E-state index in [-0.39, 0.29) is 18.1 Å². The molecule has 1 aliphatic heterocycles. The molecule has 0 bridgehead atoms. The molecule has 0 aliphatic carbocycles. The van der Waals surface area contributed by atoms with Gasteiger partial charge in [0.15, 0.2) is 0 Å². The fourth-order valence-corrected chi connectivity index (χ4v) is 3.17. The smallest absolute Gasteiger partial charge is 0.254 e. The van der Waals surface area contributed by atoms with Crippen LogP contribution in [0.25, 0.3) is 0 Å². The molecule has 134 valence electrons. The topological polar surface area (TPSA) is 60.2 Å². The van der Waals surface area contributed by atoms with E-state index in [1.165, 1.54) is 0 Å². The lowest BCUT2D eigenvalue weighted by molar-refractivity contribution is 0.0620. The minimum absolute atomic E-state index is 0.0356. The second-order valence-electron chi connectivity index (χ2n) is 6.81. The molecule has 25 heavy (non-hydrogen) atoms. The van der Waals surface area contributed by atoms with Crippen LogP contribution in [0.5, 0.6) is 5.88 Å². The maximum atomic E-state index is 12.9. The predicted molar refractivity (Wildman–Crippen MR) is 95.6 cm³/mol. The van der Waals surface area contributed by atoms with Crippen molar-refractivity contribution in [2.45, 2.75) is 45.8 Å². The van der Waals surface area contributed by atoms with Crippen LogP contribution in [0.15, 0.2) is 37.1 Å². The van der Waals surface area contributed by atoms with Gasteiger partial charge in [0.25, 0.3) is 5.91 Å². The molecule has 1 saturated heterocycles. The molecule has 0 N–H and O–H groups in total. The Morgan fingerprint density at radius 3 is 3.00 bits per heavy atom. The van der Waals surface area contributed by atoms with Gasteiger partial charge >= 0.3 is 0 Å². The molecule has 1 fully saturated rings. The Morgan fingerprint density at radius 1 is 1.44 bits per heavy atom. The minimum atomic E-state index is 0.0356. The van der Waals surface area contributed by atoms with E-state index in [1.807, 2.05) is 24.3 Å². The van der Waals surface area contributed by atoms with E-state index < -0.39 is 0 Å². The van der Waals surface area contributed by atoms with Gasteiger partial charge in [0.2, 0.25) is 5.88 Å². The number of nitrogens with zero attached hydrogens (tertiary/aromatic N) is 4. The second-order valence-corrected chi connectivity index (χ2v) is 6.81. The number of likely N-dealkylation sites (tertiary alicyclic amines) is 1. The number of ether oxygens (including phenoxy) is 1. The monoisotopic (exact) mass is 342 g/mol. The lowest BCUT2D eigenvalue weighted by atomic mass is 9.93. The number of amides is 1. The summed E-state index contributed by atoms with van der Waals surface area (Å²) in [6, 6.07) is 3.77. The molecule has 6 heteroatoms. The third-order valence-electron chi connectivity index (χ3n) is 4.99. The molecule has 0 saturated carbocycles. The van der Waals surface area contributed by atoms with Gasteiger partial charge in [-0.05, 0) is 31.7 Å². The standard InChI is InChI=1S/C19H26N4O2/c1-4-15(3)25-18-11-16(5-7-21-18)19(24)22-9-6-14(2)17(12-22)23-10-8-20-13-23/h5,7-8,10-11,13-15,17H,4,6,9,12H2,1-3H3. The van der Waals surface area contributed by atoms with Crippen LogP contribution in [0.1, 0.15) is 50.0 Å². The zero-order valence-corrected chi connectivity index (χ0v) is 15.1. The van der Waals surface area contributed by atoms with Gasteiger partial charge in [0, 0.05) is 43.3 Å². The molecule has 0 aromatic carbocycles. The molecular formula is C19H26N4O2. The molecule has 2 aromatic heterocycles. The first kappa shape index (κ1) is 17.5. The first-order chi connectivity index (χ1) is 12.1. The third kappa shape index (κ3) is 4.00. The maximum Gasteiger partial charge on any atom is 0.254 e. The number of carbonyl (C=O) groups is 1. The maximum absolute atomic E-state index is 12.9. The molecule has 1 aliphatic rings. The first-order valence-corrected chi connectivity index (χ1v) is 8.98. The third-order valence-corrected chi connectivity index (χ3v) is 4.99. The highest BCUT2D eigenvalue weighted by molar-refractivity contribution is 5.94. The van der Waals surface area contributed by atoms with Crippen LogP contribution < -0.4 is 4.74 Å². The van der Waals surface area contributed by atoms with Crippen LogP contribution in [-0.2, 0) is 0 Å². The van der Waals surface area contributed by atoms with Crippen LogP contribution in [-0.4, -0.2) is 44.5 Å². The van der Waals surface area contributed by atoms with Crippen molar-refractivity contribution in [3.05, 3.63) is 42.6 Å². The summed E-state index contributed by atoms with van der Waals surface area (Å²) in [5, 5.41) is 0. The Hall–Kier alpha value is -2.37. The summed E-state index contributed by atoms with van der Waals surface area (Å²) in [7, 11) is 0. The molecule has 0 spiro atoms. The summed E-state index contributed by atoms with van der Waals surface area (Å²) in [6.45, 7) is 7.76. The number of hydrogen-bond donors (Lipinski definition) is 0. The highest BCUT2D eigenvalue weighted by Gasteiger charge is 2.30. The van der Waals surface area contributed by atoms with Crippen molar-refractivity contribution in [1.29, 1.82) is 0 Å². The van der Waals surface area contributed by atoms with E-state index in [9.17, 15) is 4.79 Å². The largest absolute Gasteiger partial charge is 0.475 e. The average molecular weight is 342 g/mol. The number of rotatable bonds is 5. The van der Waals surface area contributed by atoms with Gasteiger partial charge in [0.1, 0.15) is 0 Å². The zero-order valence-electron chi connectivity index (χ0n) is 15.1. The minimum Gasteiger partial charge on any atom is -0.475 e. The van der Waals surface area contributed by atoms with E-state index in [0.29, 0.717) is 23.9 Å². The van der Waals surface area contributed by atoms with Crippen LogP contribution in [0.2, 0.25) is 0 Å². The van der Waals surface area contributed by atoms with Gasteiger partial charge in [-0.25, -0.2) is 9.97 Å². The summed E-state index contributed by atoms with van der Waals surface area (Å²) < 4.78 is 7.85. The number of carbonyl (C=O) groups excluding carboxylic acids is 1. The SMILES string of the molecule is CCC(C)Oc1cc(C(=O)N2CCC(C)C(n3ccnc3)C2)ccn1. The first-order valence-electron chi connectivity index (χ1n) is 8.98. The molecule has 0 radical (unpaired) electrons. The van der Waals surface area contributed by atoms with Crippen molar-refractivity contribution < 1.29 is 9.53 Å². The van der Waals surface area contributed by atoms with Crippen LogP contribution >= 0.6 is 0 Å². The Balaban J connectivity index is 1.73. The number of aromatic nitrogens is 3. The van der Waals surface area contributed by atoms with Crippen molar-refractivity contribution in [2.75, 3.05) is 13.1 Å². The van der Waals surface area contributed by atoms with E-state index in [1.54, 1.807) is 24.5 Å². The van der Waals surface area contributed by atoms with Crippen molar-refractivity contribution in [3.63, 3.8) is 0 Å². The second kappa shape index (κ2) is 7.68. The van der Waals surface area contributed by atoms with Crippen molar-refractivity contribution in [1.82, 2.24) is 19.4 Å². The molecule has 1 amide bonds. The van der Waals surface area contributed by atoms with Crippen LogP contribution in [0, 0.1) is 5.92 Å². The lowest BCUT2D eigenvalue weighted by Crippen LogP contribution is -2.43. The highest BCUT2D eigenvalue weighted by Crippen LogP contribution is 2.28. The van der Waals surface area contributed by atoms with Crippen LogP contribution in [0.4, 0.5) is 0 Å². The van der Waals surface area contributed by atoms with E-state index >= 15 is 0 Å². The summed E-state index contributed by atoms with van der Waals surface area (Å²) >= 11 is 0. The van der Waals surface area contributed by atoms with Crippen molar-refractivity contribution >= 4 is 5.91 Å².